The monoisotopic (exact) mass is 422 g/mol. The van der Waals surface area contributed by atoms with E-state index in [0.717, 1.165) is 0 Å². The summed E-state index contributed by atoms with van der Waals surface area (Å²) < 4.78 is 0.535. The predicted molar refractivity (Wildman–Crippen MR) is 69.3 cm³/mol. The van der Waals surface area contributed by atoms with Gasteiger partial charge in [0.25, 0.3) is 0 Å². The van der Waals surface area contributed by atoms with Crippen molar-refractivity contribution in [1.82, 2.24) is 0 Å². The Morgan fingerprint density at radius 3 is 1.80 bits per heavy atom. The first kappa shape index (κ1) is 12.1. The zero-order chi connectivity index (χ0) is 8.31. The van der Waals surface area contributed by atoms with Crippen LogP contribution in [0, 0.1) is 0 Å². The molecule has 0 aliphatic rings. The van der Waals surface area contributed by atoms with Crippen LogP contribution in [0.15, 0.2) is 0 Å². The molecule has 10 heavy (non-hydrogen) atoms. The molecule has 0 aromatic rings. The quantitative estimate of drug-likeness (QED) is 0.373. The van der Waals surface area contributed by atoms with E-state index in [4.69, 9.17) is 15.7 Å². The van der Waals surface area contributed by atoms with Gasteiger partial charge in [-0.3, -0.25) is 0 Å². The van der Waals surface area contributed by atoms with Crippen molar-refractivity contribution < 1.29 is 0 Å². The van der Waals surface area contributed by atoms with Crippen LogP contribution in [0.3, 0.4) is 0 Å². The summed E-state index contributed by atoms with van der Waals surface area (Å²) in [7, 11) is 11.4. The second-order valence-corrected chi connectivity index (χ2v) is 6.60. The lowest BCUT2D eigenvalue weighted by atomic mass is 9.74. The first-order valence-corrected chi connectivity index (χ1v) is 6.31. The van der Waals surface area contributed by atoms with E-state index in [1.54, 1.807) is 0 Å². The van der Waals surface area contributed by atoms with Crippen molar-refractivity contribution in [3.05, 3.63) is 0 Å². The van der Waals surface area contributed by atoms with E-state index in [2.05, 4.69) is 68.0 Å². The molecule has 4 atom stereocenters. The zero-order valence-corrected chi connectivity index (χ0v) is 11.5. The first-order chi connectivity index (χ1) is 4.46. The Hall–Kier alpha value is 2.07. The SMILES string of the molecule is [B]C(I)C([B])C(Br)C(C)I. The van der Waals surface area contributed by atoms with Crippen LogP contribution in [0.2, 0.25) is 5.82 Å². The van der Waals surface area contributed by atoms with Crippen molar-refractivity contribution in [2.75, 3.05) is 0 Å². The van der Waals surface area contributed by atoms with Crippen LogP contribution in [0.5, 0.6) is 0 Å². The first-order valence-electron chi connectivity index (χ1n) is 2.90. The number of halogens is 3. The summed E-state index contributed by atoms with van der Waals surface area (Å²) in [6.45, 7) is 2.11. The number of rotatable bonds is 3. The van der Waals surface area contributed by atoms with Crippen LogP contribution in [0.1, 0.15) is 6.92 Å². The van der Waals surface area contributed by atoms with E-state index in [0.29, 0.717) is 8.75 Å². The highest BCUT2D eigenvalue weighted by molar-refractivity contribution is 14.1. The minimum atomic E-state index is 0.0270. The van der Waals surface area contributed by atoms with Gasteiger partial charge in [-0.2, -0.15) is 0 Å². The second kappa shape index (κ2) is 5.67. The molecule has 0 aromatic carbocycles. The van der Waals surface area contributed by atoms with Gasteiger partial charge in [0, 0.05) is 8.75 Å². The molecular formula is C5H7B2BrI2. The maximum Gasteiger partial charge on any atom is 0.0836 e. The molecule has 0 saturated carbocycles. The van der Waals surface area contributed by atoms with Crippen molar-refractivity contribution in [2.24, 2.45) is 0 Å². The summed E-state index contributed by atoms with van der Waals surface area (Å²) in [4.78, 5) is 0.306. The molecule has 0 nitrogen and oxygen atoms in total. The van der Waals surface area contributed by atoms with Crippen molar-refractivity contribution in [2.45, 2.75) is 25.3 Å². The van der Waals surface area contributed by atoms with E-state index in [9.17, 15) is 0 Å². The topological polar surface area (TPSA) is 0 Å². The molecule has 0 aromatic heterocycles. The van der Waals surface area contributed by atoms with Gasteiger partial charge in [0.05, 0.1) is 15.7 Å². The Kier molecular flexibility index (Phi) is 6.84. The molecular weight excluding hydrogens is 415 g/mol. The van der Waals surface area contributed by atoms with Crippen LogP contribution in [0.25, 0.3) is 0 Å². The predicted octanol–water partition coefficient (Wildman–Crippen LogP) is 2.46. The Morgan fingerprint density at radius 2 is 1.70 bits per heavy atom. The minimum absolute atomic E-state index is 0.0270. The molecule has 4 radical (unpaired) electrons. The van der Waals surface area contributed by atoms with Gasteiger partial charge in [-0.15, -0.1) is 0 Å². The molecule has 54 valence electrons. The highest BCUT2D eigenvalue weighted by atomic mass is 127. The number of hydrogen-bond donors (Lipinski definition) is 0. The fourth-order valence-corrected chi connectivity index (χ4v) is 2.31. The molecule has 5 heteroatoms. The summed E-state index contributed by atoms with van der Waals surface area (Å²) in [6.07, 6.45) is 0. The summed E-state index contributed by atoms with van der Waals surface area (Å²) >= 11 is 7.96. The van der Waals surface area contributed by atoms with Crippen LogP contribution in [-0.2, 0) is 0 Å². The lowest BCUT2D eigenvalue weighted by Gasteiger charge is -2.23. The molecule has 0 N–H and O–H groups in total. The fourth-order valence-electron chi connectivity index (χ4n) is 0.482. The maximum absolute atomic E-state index is 5.78. The average Bonchev–Trinajstić information content (AvgIpc) is 1.84. The van der Waals surface area contributed by atoms with Gasteiger partial charge in [-0.05, 0) is 3.82 Å². The molecule has 0 rings (SSSR count). The normalized spacial score (nSPS) is 23.2. The number of hydrogen-bond acceptors (Lipinski definition) is 0. The van der Waals surface area contributed by atoms with E-state index < -0.39 is 0 Å². The van der Waals surface area contributed by atoms with Gasteiger partial charge in [0.15, 0.2) is 0 Å². The largest absolute Gasteiger partial charge is 0.0937 e. The Bertz CT molecular complexity index is 87.6. The van der Waals surface area contributed by atoms with Gasteiger partial charge in [-0.25, -0.2) is 0 Å². The highest BCUT2D eigenvalue weighted by Gasteiger charge is 2.20. The van der Waals surface area contributed by atoms with Gasteiger partial charge in [0.1, 0.15) is 0 Å². The molecule has 0 saturated heterocycles. The third-order valence-electron chi connectivity index (χ3n) is 1.17. The zero-order valence-electron chi connectivity index (χ0n) is 5.60. The Balaban J connectivity index is 3.81. The molecule has 0 fully saturated rings. The van der Waals surface area contributed by atoms with Crippen LogP contribution in [-0.4, -0.2) is 28.3 Å². The molecule has 0 spiro atoms. The van der Waals surface area contributed by atoms with Crippen molar-refractivity contribution >= 4 is 76.8 Å². The number of alkyl halides is 3. The van der Waals surface area contributed by atoms with Crippen molar-refractivity contribution in [1.29, 1.82) is 0 Å². The Morgan fingerprint density at radius 1 is 1.30 bits per heavy atom. The molecule has 0 bridgehead atoms. The van der Waals surface area contributed by atoms with Crippen LogP contribution < -0.4 is 0 Å². The minimum Gasteiger partial charge on any atom is -0.0937 e. The second-order valence-electron chi connectivity index (χ2n) is 2.14. The van der Waals surface area contributed by atoms with Gasteiger partial charge in [-0.1, -0.05) is 73.9 Å². The van der Waals surface area contributed by atoms with E-state index in [1.165, 1.54) is 0 Å². The molecule has 0 amide bonds. The summed E-state index contributed by atoms with van der Waals surface area (Å²) in [5, 5.41) is 0. The fraction of sp³-hybridized carbons (Fsp3) is 1.00. The molecule has 0 heterocycles. The van der Waals surface area contributed by atoms with E-state index in [-0.39, 0.29) is 9.64 Å². The van der Waals surface area contributed by atoms with Gasteiger partial charge in [0.2, 0.25) is 0 Å². The van der Waals surface area contributed by atoms with Crippen molar-refractivity contribution in [3.8, 4) is 0 Å². The van der Waals surface area contributed by atoms with Crippen molar-refractivity contribution in [3.63, 3.8) is 0 Å². The molecule has 0 aliphatic carbocycles. The summed E-state index contributed by atoms with van der Waals surface area (Å²) in [5.74, 6) is 0.0347. The lowest BCUT2D eigenvalue weighted by Crippen LogP contribution is -2.24. The third-order valence-corrected chi connectivity index (χ3v) is 5.17. The van der Waals surface area contributed by atoms with E-state index in [1.807, 2.05) is 0 Å². The third kappa shape index (κ3) is 4.18. The smallest absolute Gasteiger partial charge is 0.0836 e. The Labute approximate surface area is 101 Å². The van der Waals surface area contributed by atoms with Gasteiger partial charge < -0.3 is 0 Å². The molecule has 0 aliphatic heterocycles. The van der Waals surface area contributed by atoms with Gasteiger partial charge >= 0.3 is 0 Å². The average molecular weight is 422 g/mol. The summed E-state index contributed by atoms with van der Waals surface area (Å²) in [6, 6.07) is 0. The van der Waals surface area contributed by atoms with Crippen LogP contribution in [0.4, 0.5) is 0 Å². The summed E-state index contributed by atoms with van der Waals surface area (Å²) in [5.41, 5.74) is 0. The molecule has 4 unspecified atom stereocenters. The maximum atomic E-state index is 5.78. The lowest BCUT2D eigenvalue weighted by molar-refractivity contribution is 0.832. The standard InChI is InChI=1S/C5H7B2BrI2/c1-2(9)4(8)3(6)5(7)10/h2-5H,1H3. The van der Waals surface area contributed by atoms with E-state index >= 15 is 0 Å². The highest BCUT2D eigenvalue weighted by Crippen LogP contribution is 2.29. The van der Waals surface area contributed by atoms with Crippen LogP contribution >= 0.6 is 61.1 Å².